The van der Waals surface area contributed by atoms with Crippen LogP contribution in [-0.4, -0.2) is 184 Å². The first kappa shape index (κ1) is 62.6. The van der Waals surface area contributed by atoms with E-state index in [1.54, 1.807) is 6.92 Å². The van der Waals surface area contributed by atoms with Crippen LogP contribution in [0.5, 0.6) is 0 Å². The van der Waals surface area contributed by atoms with Crippen LogP contribution in [0.1, 0.15) is 129 Å². The van der Waals surface area contributed by atoms with Crippen molar-refractivity contribution in [3.05, 3.63) is 0 Å². The molecule has 396 valence electrons. The summed E-state index contributed by atoms with van der Waals surface area (Å²) in [7, 11) is 0. The molecule has 1 fully saturated rings. The Morgan fingerprint density at radius 1 is 0.500 bits per heavy atom. The second kappa shape index (κ2) is 40.3. The van der Waals surface area contributed by atoms with E-state index in [4.69, 9.17) is 35.2 Å². The molecule has 0 aromatic carbocycles. The molecule has 3 unspecified atom stereocenters. The lowest BCUT2D eigenvalue weighted by Gasteiger charge is -2.39. The molecule has 22 nitrogen and oxygen atoms in total. The Morgan fingerprint density at radius 2 is 0.912 bits per heavy atom. The molecular weight excluding hydrogens is 891 g/mol. The zero-order chi connectivity index (χ0) is 50.3. The fraction of sp³-hybridized carbons (Fsp3) is 0.870. The number of Topliss-reactive ketones (excluding diaryl/α,β-unsaturated/α-hetero) is 1. The van der Waals surface area contributed by atoms with Crippen molar-refractivity contribution in [1.82, 2.24) is 26.6 Å². The lowest BCUT2D eigenvalue weighted by molar-refractivity contribution is -0.301. The van der Waals surface area contributed by atoms with Crippen molar-refractivity contribution >= 4 is 35.3 Å². The first-order valence-corrected chi connectivity index (χ1v) is 24.7. The third-order valence-corrected chi connectivity index (χ3v) is 11.0. The molecule has 68 heavy (non-hydrogen) atoms. The summed E-state index contributed by atoms with van der Waals surface area (Å²) in [6, 6.07) is 0. The molecule has 1 rings (SSSR count). The molecule has 22 heteroatoms. The molecule has 1 aliphatic rings. The van der Waals surface area contributed by atoms with Crippen LogP contribution in [0.2, 0.25) is 0 Å². The molecule has 0 radical (unpaired) electrons. The molecule has 0 bridgehead atoms. The lowest BCUT2D eigenvalue weighted by atomic mass is 9.99. The zero-order valence-corrected chi connectivity index (χ0v) is 40.7. The van der Waals surface area contributed by atoms with E-state index >= 15 is 0 Å². The molecule has 0 aromatic rings. The van der Waals surface area contributed by atoms with Crippen LogP contribution < -0.4 is 38.1 Å². The number of ether oxygens (including phenoxy) is 5. The molecule has 1 heterocycles. The third kappa shape index (κ3) is 31.7. The molecular formula is C46H87N7O15. The van der Waals surface area contributed by atoms with Crippen LogP contribution in [0, 0.1) is 0 Å². The van der Waals surface area contributed by atoms with E-state index in [2.05, 4.69) is 26.6 Å². The number of rotatable bonds is 44. The van der Waals surface area contributed by atoms with Crippen molar-refractivity contribution in [2.75, 3.05) is 92.1 Å². The number of hydrogen-bond donors (Lipinski definition) is 11. The Hall–Kier alpha value is -3.42. The molecule has 5 atom stereocenters. The van der Waals surface area contributed by atoms with Gasteiger partial charge in [0.05, 0.1) is 46.2 Å². The SMILES string of the molecule is CC(=O)CCCCCCCCCCC(=O)NC(COCCC(=O)NCCCN)(COCCC(=O)NCCCN)COCCC(=O)NCCCNC(=O)CCCCO[C@H]1OC(CO)[C@H](O)C(O)C1O. The molecule has 0 saturated carbocycles. The Bertz CT molecular complexity index is 1350. The summed E-state index contributed by atoms with van der Waals surface area (Å²) in [5.74, 6) is -0.913. The third-order valence-electron chi connectivity index (χ3n) is 11.0. The van der Waals surface area contributed by atoms with Gasteiger partial charge in [-0.1, -0.05) is 38.5 Å². The number of aliphatic hydroxyl groups excluding tert-OH is 4. The number of unbranched alkanes of at least 4 members (excludes halogenated alkanes) is 8. The summed E-state index contributed by atoms with van der Waals surface area (Å²) < 4.78 is 28.6. The van der Waals surface area contributed by atoms with Crippen molar-refractivity contribution in [3.63, 3.8) is 0 Å². The predicted octanol–water partition coefficient (Wildman–Crippen LogP) is -0.909. The molecule has 5 amide bonds. The summed E-state index contributed by atoms with van der Waals surface area (Å²) >= 11 is 0. The maximum atomic E-state index is 13.4. The highest BCUT2D eigenvalue weighted by molar-refractivity contribution is 5.78. The van der Waals surface area contributed by atoms with Crippen LogP contribution in [0.25, 0.3) is 0 Å². The first-order chi connectivity index (χ1) is 32.8. The highest BCUT2D eigenvalue weighted by Gasteiger charge is 2.44. The maximum Gasteiger partial charge on any atom is 0.222 e. The quantitative estimate of drug-likeness (QED) is 0.0329. The van der Waals surface area contributed by atoms with Gasteiger partial charge < -0.3 is 87.0 Å². The van der Waals surface area contributed by atoms with E-state index in [0.717, 1.165) is 44.9 Å². The fourth-order valence-electron chi connectivity index (χ4n) is 6.96. The van der Waals surface area contributed by atoms with Crippen molar-refractivity contribution < 1.29 is 72.9 Å². The highest BCUT2D eigenvalue weighted by Crippen LogP contribution is 2.22. The summed E-state index contributed by atoms with van der Waals surface area (Å²) in [6.07, 6.45) is 4.79. The monoisotopic (exact) mass is 978 g/mol. The van der Waals surface area contributed by atoms with E-state index in [1.165, 1.54) is 0 Å². The van der Waals surface area contributed by atoms with Gasteiger partial charge in [0.15, 0.2) is 6.29 Å². The van der Waals surface area contributed by atoms with Crippen LogP contribution in [-0.2, 0) is 52.5 Å². The predicted molar refractivity (Wildman–Crippen MR) is 252 cm³/mol. The van der Waals surface area contributed by atoms with E-state index in [0.29, 0.717) is 84.2 Å². The van der Waals surface area contributed by atoms with Gasteiger partial charge in [0.1, 0.15) is 35.7 Å². The van der Waals surface area contributed by atoms with E-state index in [-0.39, 0.29) is 114 Å². The largest absolute Gasteiger partial charge is 0.394 e. The average Bonchev–Trinajstić information content (AvgIpc) is 3.31. The number of amides is 5. The maximum absolute atomic E-state index is 13.4. The standard InChI is InChI=1S/C46H87N7O15/c1-35(55)15-8-6-4-2-3-5-7-9-17-41(60)53-46(32-64-28-18-38(57)49-23-12-21-47,33-65-29-19-39(58)50-24-13-22-48)34-66-30-20-40(59)52-26-14-25-51-37(56)16-10-11-27-67-45-44(63)43(62)42(61)36(31-54)68-45/h36,42-45,54,61-63H,2-34,47-48H2,1H3,(H,49,57)(H,50,58)(H,51,56)(H,52,59)(H,53,60)/t36?,42-,43?,44?,45-/m0/s1. The van der Waals surface area contributed by atoms with Crippen molar-refractivity contribution in [2.24, 2.45) is 11.5 Å². The van der Waals surface area contributed by atoms with Crippen molar-refractivity contribution in [3.8, 4) is 0 Å². The molecule has 13 N–H and O–H groups in total. The van der Waals surface area contributed by atoms with Gasteiger partial charge in [0.2, 0.25) is 29.5 Å². The van der Waals surface area contributed by atoms with Gasteiger partial charge in [0, 0.05) is 71.3 Å². The Kier molecular flexibility index (Phi) is 37.1. The molecule has 1 aliphatic heterocycles. The summed E-state index contributed by atoms with van der Waals surface area (Å²) in [5, 5.41) is 53.4. The zero-order valence-electron chi connectivity index (χ0n) is 40.7. The van der Waals surface area contributed by atoms with Gasteiger partial charge in [-0.25, -0.2) is 0 Å². The minimum absolute atomic E-state index is 0.00212. The summed E-state index contributed by atoms with van der Waals surface area (Å²) in [5.41, 5.74) is 9.84. The second-order valence-electron chi connectivity index (χ2n) is 17.3. The lowest BCUT2D eigenvalue weighted by Crippen LogP contribution is -2.59. The van der Waals surface area contributed by atoms with Crippen molar-refractivity contribution in [1.29, 1.82) is 0 Å². The molecule has 0 aromatic heterocycles. The number of nitrogens with one attached hydrogen (secondary N) is 5. The van der Waals surface area contributed by atoms with Gasteiger partial charge in [-0.3, -0.25) is 24.0 Å². The summed E-state index contributed by atoms with van der Waals surface area (Å²) in [6.45, 7) is 3.45. The average molecular weight is 978 g/mol. The van der Waals surface area contributed by atoms with Gasteiger partial charge in [0.25, 0.3) is 0 Å². The number of ketones is 1. The van der Waals surface area contributed by atoms with E-state index < -0.39 is 42.9 Å². The number of hydrogen-bond acceptors (Lipinski definition) is 17. The van der Waals surface area contributed by atoms with Crippen LogP contribution in [0.15, 0.2) is 0 Å². The number of carbonyl (C=O) groups is 6. The van der Waals surface area contributed by atoms with Crippen LogP contribution in [0.4, 0.5) is 0 Å². The van der Waals surface area contributed by atoms with Crippen LogP contribution >= 0.6 is 0 Å². The molecule has 0 aliphatic carbocycles. The number of aliphatic hydroxyl groups is 4. The number of nitrogens with two attached hydrogens (primary N) is 2. The number of carbonyl (C=O) groups excluding carboxylic acids is 6. The normalized spacial score (nSPS) is 18.2. The topological polar surface area (TPSA) is 342 Å². The second-order valence-corrected chi connectivity index (χ2v) is 17.3. The minimum atomic E-state index is -1.53. The minimum Gasteiger partial charge on any atom is -0.394 e. The van der Waals surface area contributed by atoms with E-state index in [1.807, 2.05) is 0 Å². The van der Waals surface area contributed by atoms with Gasteiger partial charge in [-0.15, -0.1) is 0 Å². The first-order valence-electron chi connectivity index (χ1n) is 24.7. The molecule has 1 saturated heterocycles. The smallest absolute Gasteiger partial charge is 0.222 e. The van der Waals surface area contributed by atoms with Gasteiger partial charge in [-0.2, -0.15) is 0 Å². The fourth-order valence-corrected chi connectivity index (χ4v) is 6.96. The summed E-state index contributed by atoms with van der Waals surface area (Å²) in [4.78, 5) is 74.3. The van der Waals surface area contributed by atoms with Crippen molar-refractivity contribution in [2.45, 2.75) is 165 Å². The Labute approximate surface area is 402 Å². The highest BCUT2D eigenvalue weighted by atomic mass is 16.7. The van der Waals surface area contributed by atoms with Gasteiger partial charge >= 0.3 is 0 Å². The molecule has 0 spiro atoms. The van der Waals surface area contributed by atoms with E-state index in [9.17, 15) is 49.2 Å². The van der Waals surface area contributed by atoms with Crippen LogP contribution in [0.3, 0.4) is 0 Å². The Morgan fingerprint density at radius 3 is 1.37 bits per heavy atom. The van der Waals surface area contributed by atoms with Gasteiger partial charge in [-0.05, 0) is 65.0 Å². The Balaban J connectivity index is 2.66.